The molecule has 4 rings (SSSR count). The molecule has 0 unspecified atom stereocenters. The van der Waals surface area contributed by atoms with Crippen LogP contribution in [0.4, 0.5) is 0 Å². The molecular formula is C23H23BrN4O2. The Morgan fingerprint density at radius 2 is 1.53 bits per heavy atom. The highest BCUT2D eigenvalue weighted by Crippen LogP contribution is 2.14. The van der Waals surface area contributed by atoms with E-state index in [-0.39, 0.29) is 17.8 Å². The third-order valence-electron chi connectivity index (χ3n) is 4.98. The highest BCUT2D eigenvalue weighted by atomic mass is 79.9. The van der Waals surface area contributed by atoms with Crippen molar-refractivity contribution in [2.24, 2.45) is 5.92 Å². The fraction of sp³-hybridized carbons (Fsp3) is 0.261. The summed E-state index contributed by atoms with van der Waals surface area (Å²) in [5.74, 6) is 0.344. The minimum atomic E-state index is -0.353. The highest BCUT2D eigenvalue weighted by Gasteiger charge is 2.19. The molecule has 0 aliphatic heterocycles. The SMILES string of the molecule is CC(C)Cn1cnc2c1c(=O)n(Cc1ccc(Br)cc1)c(=O)n2Cc1ccccc1. The number of benzene rings is 2. The number of imidazole rings is 1. The van der Waals surface area contributed by atoms with E-state index in [9.17, 15) is 9.59 Å². The average Bonchev–Trinajstić information content (AvgIpc) is 3.13. The first-order chi connectivity index (χ1) is 14.4. The minimum absolute atomic E-state index is 0.211. The second-order valence-corrected chi connectivity index (χ2v) is 8.75. The van der Waals surface area contributed by atoms with E-state index in [1.165, 1.54) is 4.57 Å². The summed E-state index contributed by atoms with van der Waals surface area (Å²) in [5.41, 5.74) is 2.11. The van der Waals surface area contributed by atoms with E-state index in [4.69, 9.17) is 0 Å². The highest BCUT2D eigenvalue weighted by molar-refractivity contribution is 9.10. The Morgan fingerprint density at radius 3 is 2.20 bits per heavy atom. The summed E-state index contributed by atoms with van der Waals surface area (Å²) in [6.07, 6.45) is 1.66. The molecule has 0 amide bonds. The maximum atomic E-state index is 13.4. The van der Waals surface area contributed by atoms with E-state index >= 15 is 0 Å². The first kappa shape index (κ1) is 20.3. The van der Waals surface area contributed by atoms with Crippen molar-refractivity contribution in [3.05, 3.63) is 97.4 Å². The molecule has 0 aliphatic carbocycles. The Balaban J connectivity index is 1.92. The first-order valence-electron chi connectivity index (χ1n) is 9.91. The molecule has 0 bridgehead atoms. The fourth-order valence-corrected chi connectivity index (χ4v) is 3.86. The van der Waals surface area contributed by atoms with Crippen LogP contribution in [-0.4, -0.2) is 18.7 Å². The molecule has 4 aromatic rings. The maximum Gasteiger partial charge on any atom is 0.333 e. The largest absolute Gasteiger partial charge is 0.333 e. The van der Waals surface area contributed by atoms with Crippen LogP contribution < -0.4 is 11.2 Å². The number of fused-ring (bicyclic) bond motifs is 1. The lowest BCUT2D eigenvalue weighted by molar-refractivity contribution is 0.529. The van der Waals surface area contributed by atoms with Crippen LogP contribution in [-0.2, 0) is 19.6 Å². The summed E-state index contributed by atoms with van der Waals surface area (Å²) in [5, 5.41) is 0. The van der Waals surface area contributed by atoms with Crippen LogP contribution >= 0.6 is 15.9 Å². The summed E-state index contributed by atoms with van der Waals surface area (Å²) < 4.78 is 5.72. The zero-order chi connectivity index (χ0) is 21.3. The van der Waals surface area contributed by atoms with Crippen LogP contribution in [0.2, 0.25) is 0 Å². The van der Waals surface area contributed by atoms with Gasteiger partial charge in [0.1, 0.15) is 0 Å². The predicted molar refractivity (Wildman–Crippen MR) is 122 cm³/mol. The van der Waals surface area contributed by atoms with E-state index < -0.39 is 0 Å². The van der Waals surface area contributed by atoms with Crippen molar-refractivity contribution >= 4 is 27.1 Å². The second kappa shape index (κ2) is 8.44. The fourth-order valence-electron chi connectivity index (χ4n) is 3.59. The topological polar surface area (TPSA) is 61.8 Å². The third-order valence-corrected chi connectivity index (χ3v) is 5.51. The quantitative estimate of drug-likeness (QED) is 0.433. The molecule has 2 heterocycles. The molecular weight excluding hydrogens is 444 g/mol. The van der Waals surface area contributed by atoms with E-state index in [2.05, 4.69) is 34.8 Å². The molecule has 6 nitrogen and oxygen atoms in total. The van der Waals surface area contributed by atoms with Gasteiger partial charge in [-0.05, 0) is 29.2 Å². The van der Waals surface area contributed by atoms with Gasteiger partial charge >= 0.3 is 5.69 Å². The smallest absolute Gasteiger partial charge is 0.324 e. The van der Waals surface area contributed by atoms with E-state index in [0.29, 0.717) is 30.2 Å². The van der Waals surface area contributed by atoms with Gasteiger partial charge in [-0.1, -0.05) is 72.2 Å². The lowest BCUT2D eigenvalue weighted by Crippen LogP contribution is -2.41. The van der Waals surface area contributed by atoms with Crippen molar-refractivity contribution in [1.82, 2.24) is 18.7 Å². The van der Waals surface area contributed by atoms with Crippen molar-refractivity contribution in [2.75, 3.05) is 0 Å². The molecule has 0 saturated carbocycles. The Kier molecular flexibility index (Phi) is 5.72. The van der Waals surface area contributed by atoms with Crippen LogP contribution in [0, 0.1) is 5.92 Å². The maximum absolute atomic E-state index is 13.4. The predicted octanol–water partition coefficient (Wildman–Crippen LogP) is 3.87. The van der Waals surface area contributed by atoms with E-state index in [1.54, 1.807) is 10.9 Å². The van der Waals surface area contributed by atoms with Crippen LogP contribution in [0.25, 0.3) is 11.2 Å². The van der Waals surface area contributed by atoms with Gasteiger partial charge in [-0.2, -0.15) is 0 Å². The van der Waals surface area contributed by atoms with Crippen molar-refractivity contribution in [2.45, 2.75) is 33.5 Å². The summed E-state index contributed by atoms with van der Waals surface area (Å²) in [6, 6.07) is 17.4. The summed E-state index contributed by atoms with van der Waals surface area (Å²) in [4.78, 5) is 31.2. The van der Waals surface area contributed by atoms with Gasteiger partial charge in [0, 0.05) is 11.0 Å². The zero-order valence-corrected chi connectivity index (χ0v) is 18.5. The van der Waals surface area contributed by atoms with Gasteiger partial charge in [0.2, 0.25) is 0 Å². The normalized spacial score (nSPS) is 11.5. The minimum Gasteiger partial charge on any atom is -0.324 e. The summed E-state index contributed by atoms with van der Waals surface area (Å²) in [7, 11) is 0. The number of rotatable bonds is 6. The molecule has 0 atom stereocenters. The van der Waals surface area contributed by atoms with Gasteiger partial charge < -0.3 is 4.57 Å². The monoisotopic (exact) mass is 466 g/mol. The molecule has 0 fully saturated rings. The zero-order valence-electron chi connectivity index (χ0n) is 17.0. The molecule has 2 aromatic heterocycles. The van der Waals surface area contributed by atoms with Gasteiger partial charge in [0.15, 0.2) is 11.2 Å². The van der Waals surface area contributed by atoms with Crippen LogP contribution in [0.3, 0.4) is 0 Å². The molecule has 2 aromatic carbocycles. The van der Waals surface area contributed by atoms with Gasteiger partial charge in [0.25, 0.3) is 5.56 Å². The van der Waals surface area contributed by atoms with Crippen molar-refractivity contribution < 1.29 is 0 Å². The number of halogens is 1. The first-order valence-corrected chi connectivity index (χ1v) is 10.7. The van der Waals surface area contributed by atoms with E-state index in [0.717, 1.165) is 15.6 Å². The molecule has 7 heteroatoms. The Labute approximate surface area is 182 Å². The van der Waals surface area contributed by atoms with Gasteiger partial charge in [-0.3, -0.25) is 13.9 Å². The molecule has 154 valence electrons. The number of hydrogen-bond acceptors (Lipinski definition) is 3. The molecule has 30 heavy (non-hydrogen) atoms. The lowest BCUT2D eigenvalue weighted by Gasteiger charge is -2.13. The molecule has 0 spiro atoms. The molecule has 0 N–H and O–H groups in total. The third kappa shape index (κ3) is 4.03. The Bertz CT molecular complexity index is 1290. The molecule has 0 saturated heterocycles. The van der Waals surface area contributed by atoms with Crippen molar-refractivity contribution in [3.8, 4) is 0 Å². The summed E-state index contributed by atoms with van der Waals surface area (Å²) in [6.45, 7) is 5.41. The number of hydrogen-bond donors (Lipinski definition) is 0. The number of aromatic nitrogens is 4. The van der Waals surface area contributed by atoms with E-state index in [1.807, 2.05) is 59.2 Å². The average molecular weight is 467 g/mol. The lowest BCUT2D eigenvalue weighted by atomic mass is 10.2. The molecule has 0 aliphatic rings. The van der Waals surface area contributed by atoms with Crippen LogP contribution in [0.5, 0.6) is 0 Å². The standard InChI is InChI=1S/C23H23BrN4O2/c1-16(2)12-26-15-25-21-20(26)22(29)28(14-18-8-10-19(24)11-9-18)23(30)27(21)13-17-6-4-3-5-7-17/h3-11,15-16H,12-14H2,1-2H3. The summed E-state index contributed by atoms with van der Waals surface area (Å²) >= 11 is 3.42. The second-order valence-electron chi connectivity index (χ2n) is 7.84. The molecule has 0 radical (unpaired) electrons. The Morgan fingerprint density at radius 1 is 0.900 bits per heavy atom. The van der Waals surface area contributed by atoms with Gasteiger partial charge in [0.05, 0.1) is 19.4 Å². The van der Waals surface area contributed by atoms with Gasteiger partial charge in [-0.25, -0.2) is 9.78 Å². The van der Waals surface area contributed by atoms with Crippen molar-refractivity contribution in [1.29, 1.82) is 0 Å². The van der Waals surface area contributed by atoms with Gasteiger partial charge in [-0.15, -0.1) is 0 Å². The van der Waals surface area contributed by atoms with Crippen molar-refractivity contribution in [3.63, 3.8) is 0 Å². The Hall–Kier alpha value is -2.93. The van der Waals surface area contributed by atoms with Crippen LogP contribution in [0.1, 0.15) is 25.0 Å². The number of nitrogens with zero attached hydrogens (tertiary/aromatic N) is 4. The van der Waals surface area contributed by atoms with Crippen LogP contribution in [0.15, 0.2) is 75.0 Å².